The Hall–Kier alpha value is -3.00. The van der Waals surface area contributed by atoms with E-state index in [4.69, 9.17) is 4.74 Å². The number of hydrogen-bond donors (Lipinski definition) is 2. The fraction of sp³-hybridized carbons (Fsp3) is 0.125. The lowest BCUT2D eigenvalue weighted by atomic mass is 10.1. The van der Waals surface area contributed by atoms with Crippen LogP contribution in [0, 0.1) is 0 Å². The lowest BCUT2D eigenvalue weighted by Gasteiger charge is -2.10. The molecule has 124 valence electrons. The average molecular weight is 346 g/mol. The fourth-order valence-electron chi connectivity index (χ4n) is 1.80. The highest BCUT2D eigenvalue weighted by molar-refractivity contribution is 7.08. The van der Waals surface area contributed by atoms with E-state index < -0.39 is 24.4 Å². The molecule has 2 N–H and O–H groups in total. The molecule has 0 aliphatic carbocycles. The van der Waals surface area contributed by atoms with Gasteiger partial charge in [0.25, 0.3) is 11.8 Å². The molecule has 0 saturated heterocycles. The third-order valence-corrected chi connectivity index (χ3v) is 3.51. The van der Waals surface area contributed by atoms with Crippen molar-refractivity contribution in [3.63, 3.8) is 0 Å². The number of para-hydroxylation sites is 1. The molecule has 0 bridgehead atoms. The fourth-order valence-corrected chi connectivity index (χ4v) is 2.44. The molecule has 0 atom stereocenters. The number of ether oxygens (including phenoxy) is 1. The maximum atomic E-state index is 12.1. The molecule has 0 spiro atoms. The van der Waals surface area contributed by atoms with E-state index in [0.717, 1.165) is 0 Å². The number of esters is 1. The van der Waals surface area contributed by atoms with Crippen molar-refractivity contribution < 1.29 is 23.9 Å². The smallest absolute Gasteiger partial charge is 0.340 e. The summed E-state index contributed by atoms with van der Waals surface area (Å²) in [5, 5.41) is 8.07. The summed E-state index contributed by atoms with van der Waals surface area (Å²) in [6.07, 6.45) is 0. The molecule has 24 heavy (non-hydrogen) atoms. The number of benzene rings is 1. The molecule has 0 fully saturated rings. The van der Waals surface area contributed by atoms with Crippen molar-refractivity contribution in [3.8, 4) is 0 Å². The highest BCUT2D eigenvalue weighted by Gasteiger charge is 2.16. The van der Waals surface area contributed by atoms with Crippen LogP contribution >= 0.6 is 11.3 Å². The molecule has 8 heteroatoms. The molecular formula is C16H14N2O5S. The largest absolute Gasteiger partial charge is 0.452 e. The monoisotopic (exact) mass is 346 g/mol. The van der Waals surface area contributed by atoms with Crippen molar-refractivity contribution in [2.24, 2.45) is 0 Å². The Kier molecular flexibility index (Phi) is 5.80. The zero-order valence-corrected chi connectivity index (χ0v) is 13.5. The van der Waals surface area contributed by atoms with Crippen LogP contribution in [0.2, 0.25) is 0 Å². The topological polar surface area (TPSA) is 102 Å². The van der Waals surface area contributed by atoms with E-state index in [-0.39, 0.29) is 17.2 Å². The van der Waals surface area contributed by atoms with E-state index in [1.807, 2.05) is 5.32 Å². The number of nitrogens with one attached hydrogen (secondary N) is 2. The van der Waals surface area contributed by atoms with Gasteiger partial charge in [-0.25, -0.2) is 4.79 Å². The van der Waals surface area contributed by atoms with Gasteiger partial charge >= 0.3 is 5.97 Å². The summed E-state index contributed by atoms with van der Waals surface area (Å²) in [6.45, 7) is 0.584. The Morgan fingerprint density at radius 3 is 2.54 bits per heavy atom. The predicted molar refractivity (Wildman–Crippen MR) is 87.8 cm³/mol. The van der Waals surface area contributed by atoms with Crippen LogP contribution < -0.4 is 10.6 Å². The summed E-state index contributed by atoms with van der Waals surface area (Å²) in [5.74, 6) is -2.41. The van der Waals surface area contributed by atoms with E-state index in [1.165, 1.54) is 24.3 Å². The van der Waals surface area contributed by atoms with Crippen molar-refractivity contribution in [3.05, 3.63) is 52.2 Å². The summed E-state index contributed by atoms with van der Waals surface area (Å²) in [7, 11) is 0. The Bertz CT molecular complexity index is 771. The first kappa shape index (κ1) is 17.4. The standard InChI is InChI=1S/C16H14N2O5S/c1-10(19)17-14(20)8-23-16(22)12-4-2-3-5-13(12)18-15(21)11-6-7-24-9-11/h2-7,9H,8H2,1H3,(H,18,21)(H,17,19,20). The first-order valence-corrected chi connectivity index (χ1v) is 7.82. The van der Waals surface area contributed by atoms with E-state index in [9.17, 15) is 19.2 Å². The van der Waals surface area contributed by atoms with Crippen molar-refractivity contribution in [1.82, 2.24) is 5.32 Å². The van der Waals surface area contributed by atoms with Crippen LogP contribution in [0.4, 0.5) is 5.69 Å². The highest BCUT2D eigenvalue weighted by Crippen LogP contribution is 2.18. The first-order valence-electron chi connectivity index (χ1n) is 6.87. The first-order chi connectivity index (χ1) is 11.5. The van der Waals surface area contributed by atoms with Gasteiger partial charge in [-0.2, -0.15) is 11.3 Å². The molecule has 2 aromatic rings. The second-order valence-corrected chi connectivity index (χ2v) is 5.47. The quantitative estimate of drug-likeness (QED) is 0.804. The van der Waals surface area contributed by atoms with Gasteiger partial charge in [-0.3, -0.25) is 19.7 Å². The molecule has 1 heterocycles. The summed E-state index contributed by atoms with van der Waals surface area (Å²) in [5.41, 5.74) is 0.853. The molecule has 1 aromatic heterocycles. The molecule has 0 unspecified atom stereocenters. The van der Waals surface area contributed by atoms with Crippen LogP contribution in [0.1, 0.15) is 27.6 Å². The lowest BCUT2D eigenvalue weighted by Crippen LogP contribution is -2.32. The normalized spacial score (nSPS) is 9.88. The van der Waals surface area contributed by atoms with Crippen LogP contribution in [0.25, 0.3) is 0 Å². The number of thiophene rings is 1. The molecule has 2 rings (SSSR count). The van der Waals surface area contributed by atoms with Gasteiger partial charge in [0, 0.05) is 12.3 Å². The Balaban J connectivity index is 2.05. The number of imide groups is 1. The van der Waals surface area contributed by atoms with Crippen molar-refractivity contribution in [2.45, 2.75) is 6.92 Å². The molecular weight excluding hydrogens is 332 g/mol. The van der Waals surface area contributed by atoms with Gasteiger partial charge in [0.15, 0.2) is 6.61 Å². The number of hydrogen-bond acceptors (Lipinski definition) is 6. The maximum Gasteiger partial charge on any atom is 0.340 e. The minimum Gasteiger partial charge on any atom is -0.452 e. The molecule has 1 aromatic carbocycles. The molecule has 0 aliphatic rings. The summed E-state index contributed by atoms with van der Waals surface area (Å²) < 4.78 is 4.85. The number of carbonyl (C=O) groups excluding carboxylic acids is 4. The van der Waals surface area contributed by atoms with E-state index in [1.54, 1.807) is 35.0 Å². The number of anilines is 1. The van der Waals surface area contributed by atoms with Crippen LogP contribution in [-0.4, -0.2) is 30.3 Å². The van der Waals surface area contributed by atoms with Gasteiger partial charge < -0.3 is 10.1 Å². The minimum atomic E-state index is -0.782. The summed E-state index contributed by atoms with van der Waals surface area (Å²) >= 11 is 1.38. The van der Waals surface area contributed by atoms with E-state index in [2.05, 4.69) is 5.32 Å². The Morgan fingerprint density at radius 2 is 1.88 bits per heavy atom. The maximum absolute atomic E-state index is 12.1. The number of carbonyl (C=O) groups is 4. The van der Waals surface area contributed by atoms with Crippen molar-refractivity contribution in [2.75, 3.05) is 11.9 Å². The molecule has 3 amide bonds. The van der Waals surface area contributed by atoms with Crippen molar-refractivity contribution >= 4 is 40.7 Å². The second-order valence-electron chi connectivity index (χ2n) is 4.69. The predicted octanol–water partition coefficient (Wildman–Crippen LogP) is 1.82. The van der Waals surface area contributed by atoms with Gasteiger partial charge in [0.1, 0.15) is 0 Å². The van der Waals surface area contributed by atoms with Crippen LogP contribution in [0.3, 0.4) is 0 Å². The second kappa shape index (κ2) is 8.02. The van der Waals surface area contributed by atoms with Crippen LogP contribution in [-0.2, 0) is 14.3 Å². The third kappa shape index (κ3) is 4.75. The Labute approximate surface area is 141 Å². The van der Waals surface area contributed by atoms with Gasteiger partial charge in [-0.15, -0.1) is 0 Å². The molecule has 7 nitrogen and oxygen atoms in total. The van der Waals surface area contributed by atoms with Crippen molar-refractivity contribution in [1.29, 1.82) is 0 Å². The van der Waals surface area contributed by atoms with Crippen LogP contribution in [0.15, 0.2) is 41.1 Å². The highest BCUT2D eigenvalue weighted by atomic mass is 32.1. The Morgan fingerprint density at radius 1 is 1.12 bits per heavy atom. The summed E-state index contributed by atoms with van der Waals surface area (Å²) in [6, 6.07) is 7.94. The molecule has 0 saturated carbocycles. The van der Waals surface area contributed by atoms with Gasteiger partial charge in [0.2, 0.25) is 5.91 Å². The van der Waals surface area contributed by atoms with E-state index >= 15 is 0 Å². The molecule has 0 aliphatic heterocycles. The number of rotatable bonds is 5. The number of amides is 3. The zero-order chi connectivity index (χ0) is 17.5. The van der Waals surface area contributed by atoms with Crippen LogP contribution in [0.5, 0.6) is 0 Å². The third-order valence-electron chi connectivity index (χ3n) is 2.83. The lowest BCUT2D eigenvalue weighted by molar-refractivity contribution is -0.131. The minimum absolute atomic E-state index is 0.108. The SMILES string of the molecule is CC(=O)NC(=O)COC(=O)c1ccccc1NC(=O)c1ccsc1. The zero-order valence-electron chi connectivity index (χ0n) is 12.7. The average Bonchev–Trinajstić information content (AvgIpc) is 3.07. The van der Waals surface area contributed by atoms with Gasteiger partial charge in [-0.05, 0) is 23.6 Å². The molecule has 0 radical (unpaired) electrons. The van der Waals surface area contributed by atoms with Gasteiger partial charge in [0.05, 0.1) is 16.8 Å². The summed E-state index contributed by atoms with van der Waals surface area (Å²) in [4.78, 5) is 46.2. The van der Waals surface area contributed by atoms with Gasteiger partial charge in [-0.1, -0.05) is 12.1 Å². The van der Waals surface area contributed by atoms with E-state index in [0.29, 0.717) is 5.56 Å².